The van der Waals surface area contributed by atoms with E-state index in [1.807, 2.05) is 30.3 Å². The lowest BCUT2D eigenvalue weighted by Gasteiger charge is -2.09. The highest BCUT2D eigenvalue weighted by Crippen LogP contribution is 2.23. The molecule has 0 bridgehead atoms. The number of rotatable bonds is 4. The maximum absolute atomic E-state index is 5.83. The van der Waals surface area contributed by atoms with E-state index in [-0.39, 0.29) is 0 Å². The van der Waals surface area contributed by atoms with Gasteiger partial charge in [0.05, 0.1) is 7.11 Å². The summed E-state index contributed by atoms with van der Waals surface area (Å²) in [6, 6.07) is 11.3. The molecule has 0 saturated carbocycles. The second-order valence-corrected chi connectivity index (χ2v) is 4.90. The predicted octanol–water partition coefficient (Wildman–Crippen LogP) is 4.12. The summed E-state index contributed by atoms with van der Waals surface area (Å²) in [5, 5.41) is 3.69. The predicted molar refractivity (Wildman–Crippen MR) is 77.3 cm³/mol. The van der Waals surface area contributed by atoms with Crippen LogP contribution in [-0.2, 0) is 6.54 Å². The Balaban J connectivity index is 2.10. The number of hydrogen-bond donors (Lipinski definition) is 1. The van der Waals surface area contributed by atoms with Gasteiger partial charge >= 0.3 is 0 Å². The Morgan fingerprint density at radius 2 is 2.17 bits per heavy atom. The molecule has 0 saturated heterocycles. The Bertz CT molecular complexity index is 548. The maximum Gasteiger partial charge on any atom is 0.131 e. The minimum atomic E-state index is 0.477. The van der Waals surface area contributed by atoms with Gasteiger partial charge in [0.1, 0.15) is 16.7 Å². The van der Waals surface area contributed by atoms with Crippen molar-refractivity contribution >= 4 is 33.3 Å². The van der Waals surface area contributed by atoms with Crippen molar-refractivity contribution in [3.05, 3.63) is 51.6 Å². The Kier molecular flexibility index (Phi) is 4.44. The number of pyridine rings is 1. The molecular formula is C13H12BrClN2O. The van der Waals surface area contributed by atoms with Crippen LogP contribution in [0.4, 0.5) is 5.82 Å². The molecule has 1 heterocycles. The van der Waals surface area contributed by atoms with Crippen molar-refractivity contribution in [1.29, 1.82) is 0 Å². The van der Waals surface area contributed by atoms with E-state index < -0.39 is 0 Å². The average Bonchev–Trinajstić information content (AvgIpc) is 2.38. The van der Waals surface area contributed by atoms with Crippen LogP contribution in [0, 0.1) is 0 Å². The molecule has 0 spiro atoms. The summed E-state index contributed by atoms with van der Waals surface area (Å²) in [6.45, 7) is 0.644. The van der Waals surface area contributed by atoms with Crippen LogP contribution in [0.15, 0.2) is 40.9 Å². The average molecular weight is 328 g/mol. The van der Waals surface area contributed by atoms with E-state index in [9.17, 15) is 0 Å². The zero-order valence-electron chi connectivity index (χ0n) is 9.78. The molecule has 1 N–H and O–H groups in total. The number of aromatic nitrogens is 1. The molecule has 0 aliphatic rings. The van der Waals surface area contributed by atoms with E-state index in [2.05, 4.69) is 26.2 Å². The van der Waals surface area contributed by atoms with Crippen molar-refractivity contribution < 1.29 is 4.74 Å². The fraction of sp³-hybridized carbons (Fsp3) is 0.154. The van der Waals surface area contributed by atoms with Gasteiger partial charge in [0.2, 0.25) is 0 Å². The summed E-state index contributed by atoms with van der Waals surface area (Å²) >= 11 is 9.33. The van der Waals surface area contributed by atoms with E-state index >= 15 is 0 Å². The number of nitrogens with zero attached hydrogens (tertiary/aromatic N) is 1. The van der Waals surface area contributed by atoms with E-state index in [1.165, 1.54) is 0 Å². The SMILES string of the molecule is COc1ccc(Br)c(CNc2cccc(Cl)n2)c1. The van der Waals surface area contributed by atoms with Gasteiger partial charge in [-0.15, -0.1) is 0 Å². The van der Waals surface area contributed by atoms with Crippen molar-refractivity contribution in [2.75, 3.05) is 12.4 Å². The highest BCUT2D eigenvalue weighted by atomic mass is 79.9. The highest BCUT2D eigenvalue weighted by molar-refractivity contribution is 9.10. The second-order valence-electron chi connectivity index (χ2n) is 3.66. The third-order valence-corrected chi connectivity index (χ3v) is 3.41. The van der Waals surface area contributed by atoms with E-state index in [0.717, 1.165) is 21.6 Å². The van der Waals surface area contributed by atoms with Crippen LogP contribution in [0.2, 0.25) is 5.15 Å². The molecule has 0 atom stereocenters. The molecule has 0 amide bonds. The van der Waals surface area contributed by atoms with Crippen molar-refractivity contribution in [2.24, 2.45) is 0 Å². The van der Waals surface area contributed by atoms with Gasteiger partial charge in [0.25, 0.3) is 0 Å². The molecule has 2 rings (SSSR count). The molecule has 1 aromatic carbocycles. The van der Waals surface area contributed by atoms with Gasteiger partial charge in [0.15, 0.2) is 0 Å². The summed E-state index contributed by atoms with van der Waals surface area (Å²) in [5.74, 6) is 1.58. The monoisotopic (exact) mass is 326 g/mol. The normalized spacial score (nSPS) is 10.2. The molecule has 0 fully saturated rings. The smallest absolute Gasteiger partial charge is 0.131 e. The maximum atomic E-state index is 5.83. The van der Waals surface area contributed by atoms with Crippen molar-refractivity contribution in [2.45, 2.75) is 6.54 Å². The van der Waals surface area contributed by atoms with Crippen LogP contribution < -0.4 is 10.1 Å². The Morgan fingerprint density at radius 3 is 2.89 bits per heavy atom. The Labute approximate surface area is 119 Å². The molecule has 0 aliphatic heterocycles. The summed E-state index contributed by atoms with van der Waals surface area (Å²) in [6.07, 6.45) is 0. The van der Waals surface area contributed by atoms with Crippen LogP contribution >= 0.6 is 27.5 Å². The third-order valence-electron chi connectivity index (χ3n) is 2.43. The van der Waals surface area contributed by atoms with Gasteiger partial charge in [0, 0.05) is 11.0 Å². The number of nitrogens with one attached hydrogen (secondary N) is 1. The minimum absolute atomic E-state index is 0.477. The highest BCUT2D eigenvalue weighted by Gasteiger charge is 2.03. The van der Waals surface area contributed by atoms with E-state index in [4.69, 9.17) is 16.3 Å². The zero-order valence-corrected chi connectivity index (χ0v) is 12.1. The van der Waals surface area contributed by atoms with Gasteiger partial charge in [-0.1, -0.05) is 33.6 Å². The lowest BCUT2D eigenvalue weighted by molar-refractivity contribution is 0.414. The van der Waals surface area contributed by atoms with Crippen molar-refractivity contribution in [3.63, 3.8) is 0 Å². The quantitative estimate of drug-likeness (QED) is 0.858. The number of ether oxygens (including phenoxy) is 1. The molecule has 3 nitrogen and oxygen atoms in total. The number of benzene rings is 1. The number of anilines is 1. The topological polar surface area (TPSA) is 34.1 Å². The van der Waals surface area contributed by atoms with Crippen molar-refractivity contribution in [3.8, 4) is 5.75 Å². The van der Waals surface area contributed by atoms with Gasteiger partial charge < -0.3 is 10.1 Å². The number of halogens is 2. The van der Waals surface area contributed by atoms with E-state index in [0.29, 0.717) is 11.7 Å². The number of hydrogen-bond acceptors (Lipinski definition) is 3. The first-order valence-electron chi connectivity index (χ1n) is 5.38. The van der Waals surface area contributed by atoms with Gasteiger partial charge in [-0.2, -0.15) is 0 Å². The lowest BCUT2D eigenvalue weighted by Crippen LogP contribution is -2.02. The summed E-state index contributed by atoms with van der Waals surface area (Å²) in [4.78, 5) is 4.17. The van der Waals surface area contributed by atoms with Crippen LogP contribution in [0.1, 0.15) is 5.56 Å². The van der Waals surface area contributed by atoms with Crippen molar-refractivity contribution in [1.82, 2.24) is 4.98 Å². The first kappa shape index (κ1) is 13.2. The molecule has 0 aliphatic carbocycles. The van der Waals surface area contributed by atoms with Crippen LogP contribution in [0.5, 0.6) is 5.75 Å². The molecule has 1 aromatic heterocycles. The number of methoxy groups -OCH3 is 1. The minimum Gasteiger partial charge on any atom is -0.497 e. The molecule has 0 radical (unpaired) electrons. The third kappa shape index (κ3) is 3.37. The largest absolute Gasteiger partial charge is 0.497 e. The zero-order chi connectivity index (χ0) is 13.0. The Hall–Kier alpha value is -1.26. The van der Waals surface area contributed by atoms with Gasteiger partial charge in [-0.05, 0) is 35.9 Å². The van der Waals surface area contributed by atoms with Crippen LogP contribution in [-0.4, -0.2) is 12.1 Å². The fourth-order valence-electron chi connectivity index (χ4n) is 1.51. The summed E-state index contributed by atoms with van der Waals surface area (Å²) in [7, 11) is 1.65. The standard InChI is InChI=1S/C13H12BrClN2O/c1-18-10-5-6-11(14)9(7-10)8-16-13-4-2-3-12(15)17-13/h2-7H,8H2,1H3,(H,16,17). The molecule has 2 aromatic rings. The summed E-state index contributed by atoms with van der Waals surface area (Å²) < 4.78 is 6.22. The molecular weight excluding hydrogens is 316 g/mol. The fourth-order valence-corrected chi connectivity index (χ4v) is 2.06. The Morgan fingerprint density at radius 1 is 1.33 bits per heavy atom. The first-order chi connectivity index (χ1) is 8.69. The van der Waals surface area contributed by atoms with Gasteiger partial charge in [-0.3, -0.25) is 0 Å². The molecule has 18 heavy (non-hydrogen) atoms. The van der Waals surface area contributed by atoms with Gasteiger partial charge in [-0.25, -0.2) is 4.98 Å². The summed E-state index contributed by atoms with van der Waals surface area (Å²) in [5.41, 5.74) is 1.09. The molecule has 0 unspecified atom stereocenters. The van der Waals surface area contributed by atoms with E-state index in [1.54, 1.807) is 13.2 Å². The molecule has 5 heteroatoms. The second kappa shape index (κ2) is 6.07. The van der Waals surface area contributed by atoms with Crippen LogP contribution in [0.3, 0.4) is 0 Å². The first-order valence-corrected chi connectivity index (χ1v) is 6.55. The molecule has 94 valence electrons. The lowest BCUT2D eigenvalue weighted by atomic mass is 10.2. The van der Waals surface area contributed by atoms with Crippen LogP contribution in [0.25, 0.3) is 0 Å².